The summed E-state index contributed by atoms with van der Waals surface area (Å²) < 4.78 is 40.6. The van der Waals surface area contributed by atoms with Gasteiger partial charge in [0.25, 0.3) is 11.8 Å². The van der Waals surface area contributed by atoms with Crippen LogP contribution >= 0.6 is 0 Å². The highest BCUT2D eigenvalue weighted by Gasteiger charge is 2.31. The van der Waals surface area contributed by atoms with E-state index < -0.39 is 23.9 Å². The number of hydrogen-bond donors (Lipinski definition) is 4. The van der Waals surface area contributed by atoms with Crippen molar-refractivity contribution in [2.75, 3.05) is 10.6 Å². The maximum Gasteiger partial charge on any atom is 0.573 e. The van der Waals surface area contributed by atoms with Crippen molar-refractivity contribution in [2.24, 2.45) is 5.73 Å². The van der Waals surface area contributed by atoms with Crippen molar-refractivity contribution < 1.29 is 27.5 Å². The van der Waals surface area contributed by atoms with Crippen LogP contribution in [-0.4, -0.2) is 33.4 Å². The number of nitrogens with one attached hydrogen (secondary N) is 3. The Morgan fingerprint density at radius 2 is 1.69 bits per heavy atom. The number of H-pyrrole nitrogens is 1. The first kappa shape index (κ1) is 23.3. The Morgan fingerprint density at radius 1 is 0.971 bits per heavy atom. The number of ether oxygens (including phenoxy) is 1. The molecule has 2 aromatic carbocycles. The molecule has 0 fully saturated rings. The molecule has 0 saturated carbocycles. The van der Waals surface area contributed by atoms with Crippen molar-refractivity contribution in [3.8, 4) is 17.0 Å². The summed E-state index contributed by atoms with van der Waals surface area (Å²) in [5.41, 5.74) is 7.20. The SMILES string of the molecule is NC(=O)c1c(Nc2ccccn2)n[nH]c1-c1ccc(NC(=O)c2ccc(OC(F)(F)F)cc2)cc1. The number of anilines is 3. The molecule has 0 bridgehead atoms. The molecular weight excluding hydrogens is 465 g/mol. The lowest BCUT2D eigenvalue weighted by atomic mass is 10.1. The quantitative estimate of drug-likeness (QED) is 0.307. The molecule has 12 heteroatoms. The van der Waals surface area contributed by atoms with Gasteiger partial charge in [-0.05, 0) is 48.5 Å². The van der Waals surface area contributed by atoms with Gasteiger partial charge in [0.2, 0.25) is 0 Å². The molecule has 0 aliphatic rings. The van der Waals surface area contributed by atoms with Crippen LogP contribution in [0.1, 0.15) is 20.7 Å². The van der Waals surface area contributed by atoms with Crippen molar-refractivity contribution in [1.29, 1.82) is 0 Å². The third kappa shape index (κ3) is 5.74. The molecule has 9 nitrogen and oxygen atoms in total. The number of halogens is 3. The van der Waals surface area contributed by atoms with Gasteiger partial charge in [0.15, 0.2) is 5.82 Å². The molecule has 4 aromatic rings. The molecule has 2 heterocycles. The largest absolute Gasteiger partial charge is 0.573 e. The number of hydrogen-bond acceptors (Lipinski definition) is 6. The number of nitrogens with zero attached hydrogens (tertiary/aromatic N) is 2. The summed E-state index contributed by atoms with van der Waals surface area (Å²) in [5, 5.41) is 12.5. The number of rotatable bonds is 7. The van der Waals surface area contributed by atoms with Gasteiger partial charge in [0, 0.05) is 23.0 Å². The van der Waals surface area contributed by atoms with Crippen LogP contribution in [0.25, 0.3) is 11.3 Å². The van der Waals surface area contributed by atoms with Gasteiger partial charge >= 0.3 is 6.36 Å². The molecule has 0 unspecified atom stereocenters. The summed E-state index contributed by atoms with van der Waals surface area (Å²) >= 11 is 0. The molecule has 0 radical (unpaired) electrons. The third-order valence-electron chi connectivity index (χ3n) is 4.71. The molecule has 0 saturated heterocycles. The topological polar surface area (TPSA) is 135 Å². The second-order valence-corrected chi connectivity index (χ2v) is 7.13. The van der Waals surface area contributed by atoms with E-state index in [0.717, 1.165) is 12.1 Å². The van der Waals surface area contributed by atoms with Crippen LogP contribution in [0.3, 0.4) is 0 Å². The Morgan fingerprint density at radius 3 is 2.29 bits per heavy atom. The Kier molecular flexibility index (Phi) is 6.36. The maximum atomic E-state index is 12.4. The van der Waals surface area contributed by atoms with Crippen LogP contribution in [0, 0.1) is 0 Å². The second kappa shape index (κ2) is 9.55. The molecule has 35 heavy (non-hydrogen) atoms. The molecule has 0 aliphatic heterocycles. The first-order valence-corrected chi connectivity index (χ1v) is 10.0. The zero-order chi connectivity index (χ0) is 25.0. The van der Waals surface area contributed by atoms with E-state index in [2.05, 4.69) is 30.6 Å². The Hall–Kier alpha value is -4.87. The van der Waals surface area contributed by atoms with E-state index in [4.69, 9.17) is 5.73 Å². The molecule has 4 rings (SSSR count). The normalized spacial score (nSPS) is 11.1. The second-order valence-electron chi connectivity index (χ2n) is 7.13. The van der Waals surface area contributed by atoms with Crippen LogP contribution in [0.4, 0.5) is 30.5 Å². The van der Waals surface area contributed by atoms with E-state index in [1.807, 2.05) is 0 Å². The fourth-order valence-corrected chi connectivity index (χ4v) is 3.17. The summed E-state index contributed by atoms with van der Waals surface area (Å²) in [4.78, 5) is 28.7. The lowest BCUT2D eigenvalue weighted by molar-refractivity contribution is -0.274. The summed E-state index contributed by atoms with van der Waals surface area (Å²) in [6.45, 7) is 0. The van der Waals surface area contributed by atoms with Crippen molar-refractivity contribution in [3.05, 3.63) is 84.1 Å². The average Bonchev–Trinajstić information content (AvgIpc) is 3.23. The van der Waals surface area contributed by atoms with Gasteiger partial charge < -0.3 is 21.1 Å². The number of pyridine rings is 1. The fourth-order valence-electron chi connectivity index (χ4n) is 3.17. The number of amides is 2. The standard InChI is InChI=1S/C23H17F3N6O3/c24-23(25,26)35-16-10-6-14(7-11-16)22(34)29-15-8-4-13(5-9-15)19-18(20(27)33)21(32-31-19)30-17-3-1-2-12-28-17/h1-12H,(H2,27,33)(H,29,34)(H2,28,30,31,32). The van der Waals surface area contributed by atoms with Crippen LogP contribution < -0.4 is 21.1 Å². The highest BCUT2D eigenvalue weighted by molar-refractivity contribution is 6.05. The molecule has 2 amide bonds. The molecule has 5 N–H and O–H groups in total. The van der Waals surface area contributed by atoms with Gasteiger partial charge in [-0.2, -0.15) is 5.10 Å². The molecule has 0 atom stereocenters. The average molecular weight is 482 g/mol. The Balaban J connectivity index is 1.48. The minimum absolute atomic E-state index is 0.133. The summed E-state index contributed by atoms with van der Waals surface area (Å²) in [6, 6.07) is 16.2. The summed E-state index contributed by atoms with van der Waals surface area (Å²) in [7, 11) is 0. The fraction of sp³-hybridized carbons (Fsp3) is 0.0435. The lowest BCUT2D eigenvalue weighted by Gasteiger charge is -2.10. The van der Waals surface area contributed by atoms with E-state index in [-0.39, 0.29) is 16.9 Å². The zero-order valence-corrected chi connectivity index (χ0v) is 17.8. The van der Waals surface area contributed by atoms with Crippen LogP contribution in [0.2, 0.25) is 0 Å². The maximum absolute atomic E-state index is 12.4. The van der Waals surface area contributed by atoms with E-state index in [9.17, 15) is 22.8 Å². The number of carbonyl (C=O) groups is 2. The minimum atomic E-state index is -4.82. The number of benzene rings is 2. The van der Waals surface area contributed by atoms with Crippen molar-refractivity contribution in [2.45, 2.75) is 6.36 Å². The Labute approximate surface area is 196 Å². The van der Waals surface area contributed by atoms with Gasteiger partial charge in [-0.15, -0.1) is 13.2 Å². The van der Waals surface area contributed by atoms with E-state index in [1.165, 1.54) is 12.1 Å². The van der Waals surface area contributed by atoms with Gasteiger partial charge in [-0.25, -0.2) is 4.98 Å². The highest BCUT2D eigenvalue weighted by atomic mass is 19.4. The predicted molar refractivity (Wildman–Crippen MR) is 121 cm³/mol. The van der Waals surface area contributed by atoms with Crippen LogP contribution in [0.15, 0.2) is 72.9 Å². The number of nitrogens with two attached hydrogens (primary N) is 1. The van der Waals surface area contributed by atoms with E-state index >= 15 is 0 Å². The van der Waals surface area contributed by atoms with Crippen molar-refractivity contribution in [3.63, 3.8) is 0 Å². The van der Waals surface area contributed by atoms with Crippen molar-refractivity contribution in [1.82, 2.24) is 15.2 Å². The first-order chi connectivity index (χ1) is 16.7. The van der Waals surface area contributed by atoms with Gasteiger partial charge in [0.1, 0.15) is 17.1 Å². The Bertz CT molecular complexity index is 1340. The molecular formula is C23H17F3N6O3. The highest BCUT2D eigenvalue weighted by Crippen LogP contribution is 2.29. The number of aromatic nitrogens is 3. The minimum Gasteiger partial charge on any atom is -0.406 e. The van der Waals surface area contributed by atoms with Crippen LogP contribution in [0.5, 0.6) is 5.75 Å². The summed E-state index contributed by atoms with van der Waals surface area (Å²) in [5.74, 6) is -0.981. The molecule has 178 valence electrons. The third-order valence-corrected chi connectivity index (χ3v) is 4.71. The number of aromatic amines is 1. The van der Waals surface area contributed by atoms with Gasteiger partial charge in [0.05, 0.1) is 5.69 Å². The first-order valence-electron chi connectivity index (χ1n) is 10.0. The monoisotopic (exact) mass is 482 g/mol. The smallest absolute Gasteiger partial charge is 0.406 e. The van der Waals surface area contributed by atoms with Gasteiger partial charge in [-0.3, -0.25) is 14.7 Å². The molecule has 0 spiro atoms. The molecule has 0 aliphatic carbocycles. The van der Waals surface area contributed by atoms with Crippen LogP contribution in [-0.2, 0) is 0 Å². The predicted octanol–water partition coefficient (Wildman–Crippen LogP) is 4.47. The number of primary amides is 1. The summed E-state index contributed by atoms with van der Waals surface area (Å²) in [6.07, 6.45) is -3.23. The zero-order valence-electron chi connectivity index (χ0n) is 17.8. The molecule has 2 aromatic heterocycles. The van der Waals surface area contributed by atoms with E-state index in [1.54, 1.807) is 48.7 Å². The number of carbonyl (C=O) groups excluding carboxylic acids is 2. The van der Waals surface area contributed by atoms with E-state index in [0.29, 0.717) is 22.8 Å². The number of alkyl halides is 3. The van der Waals surface area contributed by atoms with Gasteiger partial charge in [-0.1, -0.05) is 18.2 Å². The van der Waals surface area contributed by atoms with Crippen molar-refractivity contribution >= 4 is 29.1 Å². The lowest BCUT2D eigenvalue weighted by Crippen LogP contribution is -2.17.